The zero-order valence-electron chi connectivity index (χ0n) is 7.81. The molecule has 0 aromatic carbocycles. The van der Waals surface area contributed by atoms with Gasteiger partial charge in [0.15, 0.2) is 0 Å². The molecule has 0 aliphatic heterocycles. The number of hydrogen-bond acceptors (Lipinski definition) is 1. The van der Waals surface area contributed by atoms with Gasteiger partial charge in [-0.2, -0.15) is 0 Å². The molecule has 0 rings (SSSR count). The molecule has 0 bridgehead atoms. The average molecular weight is 154 g/mol. The maximum Gasteiger partial charge on any atom is 0.0887 e. The molecule has 0 aliphatic rings. The van der Waals surface area contributed by atoms with Crippen LogP contribution in [0.5, 0.6) is 0 Å². The molecule has 0 atom stereocenters. The lowest BCUT2D eigenvalue weighted by Gasteiger charge is -2.01. The summed E-state index contributed by atoms with van der Waals surface area (Å²) in [4.78, 5) is 0. The minimum absolute atomic E-state index is 0.866. The maximum atomic E-state index is 4.94. The molecule has 0 N–H and O–H groups in total. The highest BCUT2D eigenvalue weighted by Crippen LogP contribution is 2.06. The monoisotopic (exact) mass is 154 g/mol. The Morgan fingerprint density at radius 1 is 1.55 bits per heavy atom. The van der Waals surface area contributed by atoms with E-state index in [1.807, 2.05) is 0 Å². The molecular weight excluding hydrogens is 136 g/mol. The van der Waals surface area contributed by atoms with Crippen LogP contribution in [0.1, 0.15) is 33.1 Å². The van der Waals surface area contributed by atoms with Crippen LogP contribution in [0.3, 0.4) is 0 Å². The lowest BCUT2D eigenvalue weighted by Crippen LogP contribution is -1.83. The van der Waals surface area contributed by atoms with E-state index in [4.69, 9.17) is 4.74 Å². The SMILES string of the molecule is C=C(CCC=C(C)CC)OC. The Balaban J connectivity index is 3.48. The third-order valence-corrected chi connectivity index (χ3v) is 1.76. The summed E-state index contributed by atoms with van der Waals surface area (Å²) in [7, 11) is 1.67. The molecule has 64 valence electrons. The van der Waals surface area contributed by atoms with Crippen molar-refractivity contribution in [3.8, 4) is 0 Å². The Bertz CT molecular complexity index is 145. The molecular formula is C10H18O. The van der Waals surface area contributed by atoms with Gasteiger partial charge < -0.3 is 4.74 Å². The molecule has 0 spiro atoms. The van der Waals surface area contributed by atoms with Crippen LogP contribution in [0.4, 0.5) is 0 Å². The molecule has 0 saturated heterocycles. The third kappa shape index (κ3) is 5.71. The third-order valence-electron chi connectivity index (χ3n) is 1.76. The lowest BCUT2D eigenvalue weighted by atomic mass is 10.1. The molecule has 1 heteroatoms. The molecule has 0 unspecified atom stereocenters. The summed E-state index contributed by atoms with van der Waals surface area (Å²) in [5.41, 5.74) is 1.44. The van der Waals surface area contributed by atoms with Crippen LogP contribution in [0.25, 0.3) is 0 Å². The first-order chi connectivity index (χ1) is 5.20. The van der Waals surface area contributed by atoms with Crippen LogP contribution < -0.4 is 0 Å². The van der Waals surface area contributed by atoms with Gasteiger partial charge in [0.2, 0.25) is 0 Å². The van der Waals surface area contributed by atoms with Gasteiger partial charge in [-0.25, -0.2) is 0 Å². The van der Waals surface area contributed by atoms with E-state index in [0.29, 0.717) is 0 Å². The fraction of sp³-hybridized carbons (Fsp3) is 0.600. The predicted molar refractivity (Wildman–Crippen MR) is 49.4 cm³/mol. The first-order valence-corrected chi connectivity index (χ1v) is 4.08. The Labute approximate surface area is 69.8 Å². The Morgan fingerprint density at radius 2 is 2.18 bits per heavy atom. The zero-order valence-corrected chi connectivity index (χ0v) is 7.81. The van der Waals surface area contributed by atoms with Crippen LogP contribution in [-0.4, -0.2) is 7.11 Å². The Hall–Kier alpha value is -0.720. The summed E-state index contributed by atoms with van der Waals surface area (Å²) in [5.74, 6) is 0.866. The van der Waals surface area contributed by atoms with Crippen molar-refractivity contribution in [1.82, 2.24) is 0 Å². The van der Waals surface area contributed by atoms with Crippen molar-refractivity contribution in [2.75, 3.05) is 7.11 Å². The van der Waals surface area contributed by atoms with Crippen molar-refractivity contribution >= 4 is 0 Å². The van der Waals surface area contributed by atoms with E-state index in [-0.39, 0.29) is 0 Å². The summed E-state index contributed by atoms with van der Waals surface area (Å²) in [6.07, 6.45) is 5.36. The summed E-state index contributed by atoms with van der Waals surface area (Å²) in [6.45, 7) is 8.06. The summed E-state index contributed by atoms with van der Waals surface area (Å²) in [5, 5.41) is 0. The van der Waals surface area contributed by atoms with Crippen molar-refractivity contribution in [3.63, 3.8) is 0 Å². The van der Waals surface area contributed by atoms with Gasteiger partial charge in [-0.05, 0) is 19.8 Å². The molecule has 0 amide bonds. The van der Waals surface area contributed by atoms with Crippen LogP contribution >= 0.6 is 0 Å². The van der Waals surface area contributed by atoms with E-state index in [0.717, 1.165) is 25.0 Å². The van der Waals surface area contributed by atoms with Crippen LogP contribution in [-0.2, 0) is 4.74 Å². The first-order valence-electron chi connectivity index (χ1n) is 4.08. The number of rotatable bonds is 5. The van der Waals surface area contributed by atoms with Gasteiger partial charge in [-0.15, -0.1) is 0 Å². The summed E-state index contributed by atoms with van der Waals surface area (Å²) in [6, 6.07) is 0. The Kier molecular flexibility index (Phi) is 5.63. The zero-order chi connectivity index (χ0) is 8.69. The van der Waals surface area contributed by atoms with E-state index < -0.39 is 0 Å². The fourth-order valence-electron chi connectivity index (χ4n) is 0.726. The average Bonchev–Trinajstić information content (AvgIpc) is 2.04. The fourth-order valence-corrected chi connectivity index (χ4v) is 0.726. The Morgan fingerprint density at radius 3 is 2.64 bits per heavy atom. The molecule has 0 radical (unpaired) electrons. The smallest absolute Gasteiger partial charge is 0.0887 e. The quantitative estimate of drug-likeness (QED) is 0.436. The highest BCUT2D eigenvalue weighted by atomic mass is 16.5. The van der Waals surface area contributed by atoms with Gasteiger partial charge in [-0.1, -0.05) is 25.2 Å². The van der Waals surface area contributed by atoms with Crippen LogP contribution in [0.2, 0.25) is 0 Å². The lowest BCUT2D eigenvalue weighted by molar-refractivity contribution is 0.280. The second kappa shape index (κ2) is 6.02. The first kappa shape index (κ1) is 10.3. The second-order valence-electron chi connectivity index (χ2n) is 2.69. The number of allylic oxidation sites excluding steroid dienone is 3. The van der Waals surface area contributed by atoms with E-state index in [2.05, 4.69) is 26.5 Å². The van der Waals surface area contributed by atoms with E-state index in [1.165, 1.54) is 5.57 Å². The topological polar surface area (TPSA) is 9.23 Å². The van der Waals surface area contributed by atoms with Crippen LogP contribution in [0.15, 0.2) is 24.0 Å². The van der Waals surface area contributed by atoms with Gasteiger partial charge in [-0.3, -0.25) is 0 Å². The normalized spacial score (nSPS) is 11.4. The van der Waals surface area contributed by atoms with Crippen molar-refractivity contribution in [2.45, 2.75) is 33.1 Å². The van der Waals surface area contributed by atoms with Crippen LogP contribution in [0, 0.1) is 0 Å². The van der Waals surface area contributed by atoms with Gasteiger partial charge >= 0.3 is 0 Å². The van der Waals surface area contributed by atoms with Gasteiger partial charge in [0, 0.05) is 6.42 Å². The number of hydrogen-bond donors (Lipinski definition) is 0. The minimum Gasteiger partial charge on any atom is -0.502 e. The highest BCUT2D eigenvalue weighted by molar-refractivity contribution is 4.98. The molecule has 0 saturated carbocycles. The van der Waals surface area contributed by atoms with Crippen molar-refractivity contribution < 1.29 is 4.74 Å². The molecule has 0 fully saturated rings. The van der Waals surface area contributed by atoms with E-state index in [9.17, 15) is 0 Å². The van der Waals surface area contributed by atoms with Crippen molar-refractivity contribution in [1.29, 1.82) is 0 Å². The molecule has 1 nitrogen and oxygen atoms in total. The van der Waals surface area contributed by atoms with Gasteiger partial charge in [0.25, 0.3) is 0 Å². The second-order valence-corrected chi connectivity index (χ2v) is 2.69. The van der Waals surface area contributed by atoms with E-state index >= 15 is 0 Å². The van der Waals surface area contributed by atoms with Gasteiger partial charge in [0.1, 0.15) is 0 Å². The molecule has 0 heterocycles. The largest absolute Gasteiger partial charge is 0.502 e. The molecule has 11 heavy (non-hydrogen) atoms. The summed E-state index contributed by atoms with van der Waals surface area (Å²) < 4.78 is 4.94. The maximum absolute atomic E-state index is 4.94. The number of methoxy groups -OCH3 is 1. The predicted octanol–water partition coefficient (Wildman–Crippen LogP) is 3.28. The number of ether oxygens (including phenoxy) is 1. The molecule has 0 aliphatic carbocycles. The molecule has 0 aromatic heterocycles. The minimum atomic E-state index is 0.866. The standard InChI is InChI=1S/C10H18O/c1-5-9(2)7-6-8-10(3)11-4/h7H,3,5-6,8H2,1-2,4H3. The summed E-state index contributed by atoms with van der Waals surface area (Å²) >= 11 is 0. The van der Waals surface area contributed by atoms with Crippen molar-refractivity contribution in [2.24, 2.45) is 0 Å². The van der Waals surface area contributed by atoms with E-state index in [1.54, 1.807) is 7.11 Å². The molecule has 0 aromatic rings. The van der Waals surface area contributed by atoms with Crippen molar-refractivity contribution in [3.05, 3.63) is 24.0 Å². The highest BCUT2D eigenvalue weighted by Gasteiger charge is 1.89. The van der Waals surface area contributed by atoms with Gasteiger partial charge in [0.05, 0.1) is 12.9 Å².